The van der Waals surface area contributed by atoms with Crippen LogP contribution in [-0.4, -0.2) is 23.3 Å². The lowest BCUT2D eigenvalue weighted by Crippen LogP contribution is -2.33. The van der Waals surface area contributed by atoms with Crippen LogP contribution in [-0.2, 0) is 4.74 Å². The average molecular weight is 373 g/mol. The topological polar surface area (TPSA) is 59.2 Å². The van der Waals surface area contributed by atoms with Gasteiger partial charge in [0.2, 0.25) is 0 Å². The number of hydrogen-bond acceptors (Lipinski definition) is 5. The Balaban J connectivity index is 1.60. The molecule has 2 aromatic rings. The van der Waals surface area contributed by atoms with E-state index < -0.39 is 0 Å². The second-order valence-electron chi connectivity index (χ2n) is 7.29. The predicted molar refractivity (Wildman–Crippen MR) is 98.5 cm³/mol. The minimum atomic E-state index is -0.310. The number of thiazole rings is 1. The van der Waals surface area contributed by atoms with Gasteiger partial charge in [-0.15, -0.1) is 11.8 Å². The first-order valence-corrected chi connectivity index (χ1v) is 10.4. The van der Waals surface area contributed by atoms with Crippen LogP contribution in [0.5, 0.6) is 0 Å². The first-order valence-electron chi connectivity index (χ1n) is 8.73. The maximum absolute atomic E-state index is 12.0. The van der Waals surface area contributed by atoms with Gasteiger partial charge in [0.15, 0.2) is 0 Å². The molecule has 1 aliphatic heterocycles. The first kappa shape index (κ1) is 15.7. The zero-order valence-electron chi connectivity index (χ0n) is 13.9. The molecule has 5 atom stereocenters. The normalized spacial score (nSPS) is 32.3. The highest BCUT2D eigenvalue weighted by atomic mass is 32.2. The van der Waals surface area contributed by atoms with E-state index >= 15 is 0 Å². The van der Waals surface area contributed by atoms with Gasteiger partial charge in [-0.1, -0.05) is 23.5 Å². The minimum absolute atomic E-state index is 0.0426. The lowest BCUT2D eigenvalue weighted by molar-refractivity contribution is 0.0600. The van der Waals surface area contributed by atoms with Crippen LogP contribution in [0.4, 0.5) is 0 Å². The molecule has 1 N–H and O–H groups in total. The number of ether oxygens (including phenoxy) is 1. The van der Waals surface area contributed by atoms with E-state index in [0.29, 0.717) is 16.7 Å². The van der Waals surface area contributed by atoms with Crippen molar-refractivity contribution < 1.29 is 9.53 Å². The Labute approximate surface area is 154 Å². The Morgan fingerprint density at radius 2 is 1.96 bits per heavy atom. The molecule has 1 aromatic carbocycles. The molecule has 2 aliphatic carbocycles. The van der Waals surface area contributed by atoms with Gasteiger partial charge in [0.1, 0.15) is 0 Å². The molecule has 3 aliphatic rings. The Morgan fingerprint density at radius 3 is 2.72 bits per heavy atom. The standard InChI is InChI=1S/C19H19NO3S2/c1-23-18(21)10-4-2-9(3-5-10)13-14-11-6-7-12(8-11)15(14)24-17-16(13)25-19(22)20-17/h2-5,11-15H,6-8H2,1H3,(H,20,22)/t11-,12-,13+,14-,15+/m1/s1. The fourth-order valence-electron chi connectivity index (χ4n) is 5.17. The van der Waals surface area contributed by atoms with E-state index in [4.69, 9.17) is 4.74 Å². The van der Waals surface area contributed by atoms with Crippen molar-refractivity contribution in [3.63, 3.8) is 0 Å². The summed E-state index contributed by atoms with van der Waals surface area (Å²) in [5.41, 5.74) is 1.79. The van der Waals surface area contributed by atoms with E-state index in [1.165, 1.54) is 48.1 Å². The van der Waals surface area contributed by atoms with E-state index in [1.807, 2.05) is 36.0 Å². The third kappa shape index (κ3) is 2.34. The molecule has 130 valence electrons. The molecule has 0 amide bonds. The number of H-pyrrole nitrogens is 1. The number of carbonyl (C=O) groups excluding carboxylic acids is 1. The van der Waals surface area contributed by atoms with Gasteiger partial charge in [0.05, 0.1) is 17.7 Å². The average Bonchev–Trinajstić information content (AvgIpc) is 3.33. The number of benzene rings is 1. The molecule has 0 saturated heterocycles. The van der Waals surface area contributed by atoms with Gasteiger partial charge in [-0.05, 0) is 54.7 Å². The van der Waals surface area contributed by atoms with Gasteiger partial charge in [-0.25, -0.2) is 4.79 Å². The van der Waals surface area contributed by atoms with Crippen LogP contribution in [0.15, 0.2) is 34.1 Å². The molecular formula is C19H19NO3S2. The number of hydrogen-bond donors (Lipinski definition) is 1. The Morgan fingerprint density at radius 1 is 1.20 bits per heavy atom. The smallest absolute Gasteiger partial charge is 0.337 e. The van der Waals surface area contributed by atoms with Gasteiger partial charge < -0.3 is 9.72 Å². The van der Waals surface area contributed by atoms with Crippen molar-refractivity contribution in [1.82, 2.24) is 4.98 Å². The van der Waals surface area contributed by atoms with Crippen LogP contribution in [0, 0.1) is 17.8 Å². The minimum Gasteiger partial charge on any atom is -0.465 e. The number of rotatable bonds is 2. The summed E-state index contributed by atoms with van der Waals surface area (Å²) in [6.07, 6.45) is 3.98. The van der Waals surface area contributed by atoms with Crippen molar-refractivity contribution in [2.45, 2.75) is 35.5 Å². The SMILES string of the molecule is COC(=O)c1ccc([C@@H]2c3sc(=O)[nH]c3S[C@H]3[C@@H]4CC[C@H](C4)[C@H]23)cc1. The van der Waals surface area contributed by atoms with Crippen LogP contribution in [0.3, 0.4) is 0 Å². The number of esters is 1. The molecule has 2 saturated carbocycles. The molecule has 2 fully saturated rings. The van der Waals surface area contributed by atoms with Crippen LogP contribution < -0.4 is 4.87 Å². The summed E-state index contributed by atoms with van der Waals surface area (Å²) in [6.45, 7) is 0. The lowest BCUT2D eigenvalue weighted by atomic mass is 9.75. The van der Waals surface area contributed by atoms with E-state index in [0.717, 1.165) is 16.9 Å². The molecule has 5 rings (SSSR count). The van der Waals surface area contributed by atoms with Crippen molar-refractivity contribution in [2.24, 2.45) is 17.8 Å². The molecule has 4 nitrogen and oxygen atoms in total. The van der Waals surface area contributed by atoms with Gasteiger partial charge in [0.25, 0.3) is 0 Å². The molecule has 2 heterocycles. The largest absolute Gasteiger partial charge is 0.465 e. The first-order chi connectivity index (χ1) is 12.2. The summed E-state index contributed by atoms with van der Waals surface area (Å²) >= 11 is 3.26. The summed E-state index contributed by atoms with van der Waals surface area (Å²) in [6, 6.07) is 7.79. The van der Waals surface area contributed by atoms with E-state index in [-0.39, 0.29) is 16.8 Å². The molecule has 0 radical (unpaired) electrons. The third-order valence-corrected chi connectivity index (χ3v) is 8.78. The van der Waals surface area contributed by atoms with Gasteiger partial charge in [-0.2, -0.15) is 0 Å². The highest BCUT2D eigenvalue weighted by molar-refractivity contribution is 8.00. The van der Waals surface area contributed by atoms with E-state index in [2.05, 4.69) is 4.98 Å². The third-order valence-electron chi connectivity index (χ3n) is 6.16. The highest BCUT2D eigenvalue weighted by Gasteiger charge is 2.54. The summed E-state index contributed by atoms with van der Waals surface area (Å²) in [7, 11) is 1.40. The van der Waals surface area contributed by atoms with Gasteiger partial charge in [-0.3, -0.25) is 4.79 Å². The molecule has 1 aromatic heterocycles. The maximum atomic E-state index is 12.0. The number of aromatic amines is 1. The number of thioether (sulfide) groups is 1. The van der Waals surface area contributed by atoms with Gasteiger partial charge in [0, 0.05) is 16.0 Å². The summed E-state index contributed by atoms with van der Waals surface area (Å²) in [5.74, 6) is 2.11. The second kappa shape index (κ2) is 5.74. The van der Waals surface area contributed by atoms with Crippen LogP contribution >= 0.6 is 23.1 Å². The van der Waals surface area contributed by atoms with Gasteiger partial charge >= 0.3 is 10.8 Å². The van der Waals surface area contributed by atoms with Crippen LogP contribution in [0.25, 0.3) is 0 Å². The fourth-order valence-corrected chi connectivity index (χ4v) is 8.06. The van der Waals surface area contributed by atoms with Crippen molar-refractivity contribution in [1.29, 1.82) is 0 Å². The second-order valence-corrected chi connectivity index (χ2v) is 9.50. The summed E-state index contributed by atoms with van der Waals surface area (Å²) < 4.78 is 4.80. The predicted octanol–water partition coefficient (Wildman–Crippen LogP) is 3.88. The molecular weight excluding hydrogens is 354 g/mol. The Kier molecular flexibility index (Phi) is 3.61. The monoisotopic (exact) mass is 373 g/mol. The van der Waals surface area contributed by atoms with E-state index in [1.54, 1.807) is 0 Å². The molecule has 0 spiro atoms. The molecule has 6 heteroatoms. The van der Waals surface area contributed by atoms with Crippen LogP contribution in [0.2, 0.25) is 0 Å². The van der Waals surface area contributed by atoms with Crippen molar-refractivity contribution in [3.8, 4) is 0 Å². The van der Waals surface area contributed by atoms with E-state index in [9.17, 15) is 9.59 Å². The quantitative estimate of drug-likeness (QED) is 0.812. The van der Waals surface area contributed by atoms with Crippen molar-refractivity contribution >= 4 is 29.1 Å². The zero-order chi connectivity index (χ0) is 17.1. The Bertz CT molecular complexity index is 885. The maximum Gasteiger partial charge on any atom is 0.337 e. The lowest BCUT2D eigenvalue weighted by Gasteiger charge is -2.40. The number of fused-ring (bicyclic) bond motifs is 6. The molecule has 25 heavy (non-hydrogen) atoms. The fraction of sp³-hybridized carbons (Fsp3) is 0.474. The zero-order valence-corrected chi connectivity index (χ0v) is 15.5. The van der Waals surface area contributed by atoms with Crippen molar-refractivity contribution in [2.75, 3.05) is 7.11 Å². The highest BCUT2D eigenvalue weighted by Crippen LogP contribution is 2.63. The van der Waals surface area contributed by atoms with Crippen LogP contribution in [0.1, 0.15) is 46.0 Å². The molecule has 2 bridgehead atoms. The number of nitrogens with one attached hydrogen (secondary N) is 1. The number of carbonyl (C=O) groups is 1. The number of aromatic nitrogens is 1. The molecule has 0 unspecified atom stereocenters. The number of methoxy groups -OCH3 is 1. The summed E-state index contributed by atoms with van der Waals surface area (Å²) in [4.78, 5) is 28.0. The Hall–Kier alpha value is -1.53. The summed E-state index contributed by atoms with van der Waals surface area (Å²) in [5, 5.41) is 1.69. The van der Waals surface area contributed by atoms with Crippen molar-refractivity contribution in [3.05, 3.63) is 49.9 Å².